The van der Waals surface area contributed by atoms with Gasteiger partial charge in [-0.05, 0) is 52.0 Å². The molecule has 4 unspecified atom stereocenters. The molecular formula is C22H26O9S2. The summed E-state index contributed by atoms with van der Waals surface area (Å²) in [5.74, 6) is -1.02. The van der Waals surface area contributed by atoms with Crippen LogP contribution in [0.4, 0.5) is 0 Å². The van der Waals surface area contributed by atoms with Crippen molar-refractivity contribution >= 4 is 20.2 Å². The van der Waals surface area contributed by atoms with Gasteiger partial charge in [0.1, 0.15) is 18.3 Å². The largest absolute Gasteiger partial charge is 0.341 e. The third-order valence-corrected chi connectivity index (χ3v) is 7.95. The summed E-state index contributed by atoms with van der Waals surface area (Å²) in [5, 5.41) is 0. The van der Waals surface area contributed by atoms with Gasteiger partial charge < -0.3 is 14.2 Å². The van der Waals surface area contributed by atoms with Crippen molar-refractivity contribution in [3.63, 3.8) is 0 Å². The van der Waals surface area contributed by atoms with Gasteiger partial charge in [0.05, 0.1) is 16.4 Å². The molecule has 33 heavy (non-hydrogen) atoms. The maximum atomic E-state index is 12.9. The highest BCUT2D eigenvalue weighted by atomic mass is 32.2. The lowest BCUT2D eigenvalue weighted by Crippen LogP contribution is -2.40. The monoisotopic (exact) mass is 498 g/mol. The average molecular weight is 499 g/mol. The highest BCUT2D eigenvalue weighted by Gasteiger charge is 2.57. The number of ether oxygens (including phenoxy) is 3. The van der Waals surface area contributed by atoms with Crippen LogP contribution in [-0.4, -0.2) is 53.8 Å². The van der Waals surface area contributed by atoms with Gasteiger partial charge >= 0.3 is 0 Å². The molecule has 4 rings (SSSR count). The quantitative estimate of drug-likeness (QED) is 0.531. The second kappa shape index (κ2) is 8.73. The van der Waals surface area contributed by atoms with Crippen molar-refractivity contribution < 1.29 is 39.4 Å². The van der Waals surface area contributed by atoms with Crippen molar-refractivity contribution in [2.75, 3.05) is 6.61 Å². The molecule has 0 radical (unpaired) electrons. The van der Waals surface area contributed by atoms with E-state index < -0.39 is 57.2 Å². The molecule has 2 aromatic rings. The molecule has 2 fully saturated rings. The molecule has 0 aromatic heterocycles. The Kier molecular flexibility index (Phi) is 6.42. The molecule has 2 aromatic carbocycles. The van der Waals surface area contributed by atoms with Crippen LogP contribution in [0.3, 0.4) is 0 Å². The summed E-state index contributed by atoms with van der Waals surface area (Å²) < 4.78 is 78.9. The molecule has 0 bridgehead atoms. The van der Waals surface area contributed by atoms with Crippen molar-refractivity contribution in [1.29, 1.82) is 0 Å². The summed E-state index contributed by atoms with van der Waals surface area (Å²) >= 11 is 0. The molecular weight excluding hydrogens is 472 g/mol. The highest BCUT2D eigenvalue weighted by molar-refractivity contribution is 7.87. The Morgan fingerprint density at radius 3 is 1.88 bits per heavy atom. The molecule has 2 heterocycles. The topological polar surface area (TPSA) is 114 Å². The number of aryl methyl sites for hydroxylation is 2. The molecule has 2 saturated heterocycles. The van der Waals surface area contributed by atoms with Gasteiger partial charge in [0.25, 0.3) is 20.2 Å². The smallest absolute Gasteiger partial charge is 0.297 e. The maximum absolute atomic E-state index is 12.9. The van der Waals surface area contributed by atoms with Gasteiger partial charge in [-0.3, -0.25) is 8.37 Å². The molecule has 11 heteroatoms. The van der Waals surface area contributed by atoms with E-state index in [2.05, 4.69) is 0 Å². The molecule has 4 atom stereocenters. The normalized spacial score (nSPS) is 26.9. The summed E-state index contributed by atoms with van der Waals surface area (Å²) in [6.45, 7) is 6.51. The van der Waals surface area contributed by atoms with Gasteiger partial charge in [-0.25, -0.2) is 0 Å². The van der Waals surface area contributed by atoms with Gasteiger partial charge in [-0.15, -0.1) is 0 Å². The van der Waals surface area contributed by atoms with E-state index in [0.29, 0.717) is 0 Å². The number of hydrogen-bond donors (Lipinski definition) is 0. The second-order valence-electron chi connectivity index (χ2n) is 8.52. The molecule has 180 valence electrons. The van der Waals surface area contributed by atoms with Crippen molar-refractivity contribution in [2.24, 2.45) is 0 Å². The minimum atomic E-state index is -4.20. The summed E-state index contributed by atoms with van der Waals surface area (Å²) in [6.07, 6.45) is -4.09. The lowest BCUT2D eigenvalue weighted by molar-refractivity contribution is -0.215. The first-order valence-electron chi connectivity index (χ1n) is 10.3. The lowest BCUT2D eigenvalue weighted by Gasteiger charge is -2.25. The Morgan fingerprint density at radius 2 is 1.33 bits per heavy atom. The Labute approximate surface area is 193 Å². The zero-order valence-corrected chi connectivity index (χ0v) is 20.3. The fourth-order valence-corrected chi connectivity index (χ4v) is 5.66. The Balaban J connectivity index is 1.55. The first-order valence-corrected chi connectivity index (χ1v) is 13.2. The van der Waals surface area contributed by atoms with Crippen LogP contribution in [0, 0.1) is 13.8 Å². The highest BCUT2D eigenvalue weighted by Crippen LogP contribution is 2.40. The van der Waals surface area contributed by atoms with E-state index in [1.54, 1.807) is 38.1 Å². The maximum Gasteiger partial charge on any atom is 0.297 e. The van der Waals surface area contributed by atoms with Gasteiger partial charge in [0.2, 0.25) is 0 Å². The van der Waals surface area contributed by atoms with Crippen LogP contribution in [0.2, 0.25) is 0 Å². The number of fused-ring (bicyclic) bond motifs is 1. The van der Waals surface area contributed by atoms with Crippen LogP contribution in [0.15, 0.2) is 58.3 Å². The molecule has 0 spiro atoms. The Morgan fingerprint density at radius 1 is 0.818 bits per heavy atom. The number of benzene rings is 2. The second-order valence-corrected chi connectivity index (χ2v) is 11.7. The minimum Gasteiger partial charge on any atom is -0.341 e. The van der Waals surface area contributed by atoms with E-state index in [-0.39, 0.29) is 9.79 Å². The third kappa shape index (κ3) is 5.29. The molecule has 9 nitrogen and oxygen atoms in total. The van der Waals surface area contributed by atoms with Crippen molar-refractivity contribution in [3.05, 3.63) is 59.7 Å². The van der Waals surface area contributed by atoms with E-state index in [1.807, 2.05) is 13.8 Å². The van der Waals surface area contributed by atoms with Crippen molar-refractivity contribution in [1.82, 2.24) is 0 Å². The predicted molar refractivity (Wildman–Crippen MR) is 116 cm³/mol. The molecule has 0 N–H and O–H groups in total. The van der Waals surface area contributed by atoms with Crippen LogP contribution in [-0.2, 0) is 42.8 Å². The van der Waals surface area contributed by atoms with Gasteiger partial charge in [-0.1, -0.05) is 35.4 Å². The van der Waals surface area contributed by atoms with Gasteiger partial charge in [-0.2, -0.15) is 16.8 Å². The van der Waals surface area contributed by atoms with Crippen LogP contribution in [0.1, 0.15) is 25.0 Å². The van der Waals surface area contributed by atoms with Crippen LogP contribution >= 0.6 is 0 Å². The summed E-state index contributed by atoms with van der Waals surface area (Å²) in [7, 11) is -8.30. The van der Waals surface area contributed by atoms with E-state index in [1.165, 1.54) is 24.3 Å². The minimum absolute atomic E-state index is 0.0235. The number of hydrogen-bond acceptors (Lipinski definition) is 9. The van der Waals surface area contributed by atoms with Gasteiger partial charge in [0, 0.05) is 0 Å². The molecule has 0 amide bonds. The standard InChI is InChI=1S/C22H26O9S2/c1-14-5-9-16(10-6-14)32(23,24)27-13-18-19(20-21(28-18)30-22(3,4)29-20)31-33(25,26)17-11-7-15(2)8-12-17/h5-12,18-21H,13H2,1-4H3. The van der Waals surface area contributed by atoms with Crippen LogP contribution in [0.5, 0.6) is 0 Å². The average Bonchev–Trinajstić information content (AvgIpc) is 3.19. The van der Waals surface area contributed by atoms with E-state index in [4.69, 9.17) is 22.6 Å². The van der Waals surface area contributed by atoms with Gasteiger partial charge in [0.15, 0.2) is 12.1 Å². The van der Waals surface area contributed by atoms with Crippen LogP contribution < -0.4 is 0 Å². The zero-order valence-electron chi connectivity index (χ0n) is 18.6. The first-order chi connectivity index (χ1) is 15.4. The third-order valence-electron chi connectivity index (χ3n) is 5.33. The van der Waals surface area contributed by atoms with Crippen molar-refractivity contribution in [2.45, 2.75) is 67.9 Å². The molecule has 2 aliphatic rings. The lowest BCUT2D eigenvalue weighted by atomic mass is 10.1. The number of rotatable bonds is 7. The van der Waals surface area contributed by atoms with E-state index >= 15 is 0 Å². The van der Waals surface area contributed by atoms with Crippen LogP contribution in [0.25, 0.3) is 0 Å². The predicted octanol–water partition coefficient (Wildman–Crippen LogP) is 2.66. The molecule has 2 aliphatic heterocycles. The van der Waals surface area contributed by atoms with E-state index in [0.717, 1.165) is 11.1 Å². The van der Waals surface area contributed by atoms with Crippen molar-refractivity contribution in [3.8, 4) is 0 Å². The fraction of sp³-hybridized carbons (Fsp3) is 0.455. The Bertz CT molecular complexity index is 1200. The first kappa shape index (κ1) is 24.3. The fourth-order valence-electron chi connectivity index (χ4n) is 3.63. The SMILES string of the molecule is Cc1ccc(S(=O)(=O)OCC2OC3OC(C)(C)OC3C2OS(=O)(=O)c2ccc(C)cc2)cc1. The summed E-state index contributed by atoms with van der Waals surface area (Å²) in [6, 6.07) is 12.3. The molecule has 0 aliphatic carbocycles. The zero-order chi connectivity index (χ0) is 24.0. The van der Waals surface area contributed by atoms with E-state index in [9.17, 15) is 16.8 Å². The Hall–Kier alpha value is -1.86. The molecule has 0 saturated carbocycles. The summed E-state index contributed by atoms with van der Waals surface area (Å²) in [5.41, 5.74) is 1.78. The summed E-state index contributed by atoms with van der Waals surface area (Å²) in [4.78, 5) is -0.0636.